The van der Waals surface area contributed by atoms with Crippen molar-refractivity contribution in [2.24, 2.45) is 0 Å². The van der Waals surface area contributed by atoms with Gasteiger partial charge in [0.25, 0.3) is 0 Å². The molecule has 4 N–H and O–H groups in total. The molecular weight excluding hydrogens is 330 g/mol. The topological polar surface area (TPSA) is 134 Å². The third-order valence-corrected chi connectivity index (χ3v) is 3.59. The summed E-state index contributed by atoms with van der Waals surface area (Å²) in [7, 11) is 0. The molecule has 0 unspecified atom stereocenters. The third kappa shape index (κ3) is 5.50. The normalized spacial score (nSPS) is 10.9. The van der Waals surface area contributed by atoms with Crippen molar-refractivity contribution in [3.8, 4) is 0 Å². The number of carboxylic acid groups (broad SMARTS) is 3. The lowest BCUT2D eigenvalue weighted by Gasteiger charge is -2.25. The van der Waals surface area contributed by atoms with Crippen molar-refractivity contribution in [2.45, 2.75) is 0 Å². The van der Waals surface area contributed by atoms with Gasteiger partial charge in [0, 0.05) is 24.0 Å². The zero-order valence-corrected chi connectivity index (χ0v) is 13.4. The number of aliphatic carboxylic acids is 3. The molecule has 0 aliphatic rings. The van der Waals surface area contributed by atoms with Crippen LogP contribution in [0.15, 0.2) is 30.3 Å². The van der Waals surface area contributed by atoms with Crippen LogP contribution >= 0.6 is 0 Å². The lowest BCUT2D eigenvalue weighted by atomic mass is 10.2. The predicted molar refractivity (Wildman–Crippen MR) is 89.9 cm³/mol. The fourth-order valence-corrected chi connectivity index (χ4v) is 2.54. The smallest absolute Gasteiger partial charge is 0.323 e. The molecule has 1 aromatic heterocycles. The first-order valence-electron chi connectivity index (χ1n) is 7.55. The Labute approximate surface area is 143 Å². The van der Waals surface area contributed by atoms with Gasteiger partial charge in [-0.05, 0) is 12.1 Å². The molecule has 1 heterocycles. The first kappa shape index (κ1) is 18.3. The van der Waals surface area contributed by atoms with Gasteiger partial charge in [0.15, 0.2) is 0 Å². The van der Waals surface area contributed by atoms with Gasteiger partial charge in [-0.2, -0.15) is 0 Å². The first-order valence-corrected chi connectivity index (χ1v) is 7.55. The summed E-state index contributed by atoms with van der Waals surface area (Å²) in [6.45, 7) is -0.887. The molecule has 134 valence electrons. The number of rotatable bonds is 10. The minimum absolute atomic E-state index is 0.0985. The Morgan fingerprint density at radius 1 is 0.880 bits per heavy atom. The zero-order valence-electron chi connectivity index (χ0n) is 13.4. The second-order valence-electron chi connectivity index (χ2n) is 5.56. The summed E-state index contributed by atoms with van der Waals surface area (Å²) < 4.78 is 0. The first-order chi connectivity index (χ1) is 11.8. The Balaban J connectivity index is 2.14. The molecule has 1 aromatic carbocycles. The van der Waals surface area contributed by atoms with Gasteiger partial charge in [0.2, 0.25) is 0 Å². The Morgan fingerprint density at radius 3 is 2.04 bits per heavy atom. The molecule has 0 spiro atoms. The number of nitrogens with zero attached hydrogens (tertiary/aromatic N) is 2. The number of nitrogens with one attached hydrogen (secondary N) is 1. The largest absolute Gasteiger partial charge is 0.480 e. The number of aromatic nitrogens is 1. The number of hydrogen-bond donors (Lipinski definition) is 4. The van der Waals surface area contributed by atoms with Crippen LogP contribution in [0, 0.1) is 0 Å². The number of hydrogen-bond acceptors (Lipinski definition) is 5. The number of benzene rings is 1. The summed E-state index contributed by atoms with van der Waals surface area (Å²) in [5, 5.41) is 27.8. The van der Waals surface area contributed by atoms with Crippen molar-refractivity contribution in [3.63, 3.8) is 0 Å². The fraction of sp³-hybridized carbons (Fsp3) is 0.312. The van der Waals surface area contributed by atoms with E-state index < -0.39 is 31.0 Å². The van der Waals surface area contributed by atoms with Gasteiger partial charge in [-0.1, -0.05) is 18.2 Å². The van der Waals surface area contributed by atoms with Crippen LogP contribution in [0.25, 0.3) is 10.9 Å². The molecule has 2 rings (SSSR count). The molecule has 0 aliphatic heterocycles. The van der Waals surface area contributed by atoms with E-state index in [1.165, 1.54) is 4.90 Å². The Morgan fingerprint density at radius 2 is 1.48 bits per heavy atom. The number of carboxylic acids is 3. The molecule has 9 heteroatoms. The van der Waals surface area contributed by atoms with Crippen molar-refractivity contribution in [1.29, 1.82) is 0 Å². The van der Waals surface area contributed by atoms with Crippen LogP contribution in [0.5, 0.6) is 0 Å². The average molecular weight is 349 g/mol. The minimum Gasteiger partial charge on any atom is -0.480 e. The molecule has 2 aromatic rings. The molecule has 25 heavy (non-hydrogen) atoms. The standard InChI is InChI=1S/C16H19N3O6/c20-14(21)8-18(9-15(22)23)5-6-19(10-16(24)25)13-7-11-3-1-2-4-12(11)17-13/h1-4,7,17H,5-6,8-10H2,(H,20,21)(H,22,23)(H,24,25). The second kappa shape index (κ2) is 8.15. The van der Waals surface area contributed by atoms with Crippen LogP contribution in [0.4, 0.5) is 5.82 Å². The molecule has 0 atom stereocenters. The number of H-pyrrole nitrogens is 1. The fourth-order valence-electron chi connectivity index (χ4n) is 2.54. The maximum atomic E-state index is 11.1. The maximum Gasteiger partial charge on any atom is 0.323 e. The maximum absolute atomic E-state index is 11.1. The van der Waals surface area contributed by atoms with Crippen LogP contribution in [0.1, 0.15) is 0 Å². The number of carbonyl (C=O) groups is 3. The van der Waals surface area contributed by atoms with Crippen molar-refractivity contribution in [1.82, 2.24) is 9.88 Å². The van der Waals surface area contributed by atoms with E-state index in [1.807, 2.05) is 24.3 Å². The number of para-hydroxylation sites is 1. The van der Waals surface area contributed by atoms with E-state index in [9.17, 15) is 14.4 Å². The molecule has 0 saturated carbocycles. The van der Waals surface area contributed by atoms with E-state index in [0.717, 1.165) is 10.9 Å². The van der Waals surface area contributed by atoms with E-state index >= 15 is 0 Å². The Kier molecular flexibility index (Phi) is 5.96. The third-order valence-electron chi connectivity index (χ3n) is 3.59. The quantitative estimate of drug-likeness (QED) is 0.488. The van der Waals surface area contributed by atoms with E-state index in [1.54, 1.807) is 11.0 Å². The highest BCUT2D eigenvalue weighted by Crippen LogP contribution is 2.21. The number of anilines is 1. The number of aromatic amines is 1. The van der Waals surface area contributed by atoms with Gasteiger partial charge < -0.3 is 25.2 Å². The summed E-state index contributed by atoms with van der Waals surface area (Å²) in [6.07, 6.45) is 0. The van der Waals surface area contributed by atoms with E-state index in [2.05, 4.69) is 4.98 Å². The van der Waals surface area contributed by atoms with Crippen molar-refractivity contribution in [2.75, 3.05) is 37.6 Å². The Bertz CT molecular complexity index is 723. The highest BCUT2D eigenvalue weighted by atomic mass is 16.4. The SMILES string of the molecule is O=C(O)CN(CCN(CC(=O)O)c1cc2ccccc2[nH]1)CC(=O)O. The van der Waals surface area contributed by atoms with Gasteiger partial charge in [-0.15, -0.1) is 0 Å². The molecule has 0 bridgehead atoms. The van der Waals surface area contributed by atoms with Crippen LogP contribution in [0.3, 0.4) is 0 Å². The lowest BCUT2D eigenvalue weighted by Crippen LogP contribution is -2.42. The van der Waals surface area contributed by atoms with Gasteiger partial charge in [-0.25, -0.2) is 0 Å². The summed E-state index contributed by atoms with van der Waals surface area (Å²) in [6, 6.07) is 9.26. The second-order valence-corrected chi connectivity index (χ2v) is 5.56. The van der Waals surface area contributed by atoms with Crippen molar-refractivity contribution < 1.29 is 29.7 Å². The molecule has 0 amide bonds. The summed E-state index contributed by atoms with van der Waals surface area (Å²) in [4.78, 5) is 38.7. The highest BCUT2D eigenvalue weighted by molar-refractivity contribution is 5.85. The minimum atomic E-state index is -1.14. The van der Waals surface area contributed by atoms with Gasteiger partial charge in [-0.3, -0.25) is 19.3 Å². The van der Waals surface area contributed by atoms with Gasteiger partial charge >= 0.3 is 17.9 Å². The van der Waals surface area contributed by atoms with E-state index in [4.69, 9.17) is 15.3 Å². The molecule has 0 aliphatic carbocycles. The molecular formula is C16H19N3O6. The van der Waals surface area contributed by atoms with Crippen LogP contribution < -0.4 is 4.90 Å². The molecule has 0 radical (unpaired) electrons. The van der Waals surface area contributed by atoms with Crippen LogP contribution in [-0.2, 0) is 14.4 Å². The summed E-state index contributed by atoms with van der Waals surface area (Å²) >= 11 is 0. The monoisotopic (exact) mass is 349 g/mol. The van der Waals surface area contributed by atoms with Crippen molar-refractivity contribution in [3.05, 3.63) is 30.3 Å². The summed E-state index contributed by atoms with van der Waals surface area (Å²) in [5.74, 6) is -2.75. The van der Waals surface area contributed by atoms with E-state index in [0.29, 0.717) is 5.82 Å². The number of fused-ring (bicyclic) bond motifs is 1. The van der Waals surface area contributed by atoms with E-state index in [-0.39, 0.29) is 19.6 Å². The molecule has 9 nitrogen and oxygen atoms in total. The average Bonchev–Trinajstić information content (AvgIpc) is 2.93. The van der Waals surface area contributed by atoms with Crippen molar-refractivity contribution >= 4 is 34.6 Å². The zero-order chi connectivity index (χ0) is 18.4. The highest BCUT2D eigenvalue weighted by Gasteiger charge is 2.18. The van der Waals surface area contributed by atoms with Crippen LogP contribution in [-0.4, -0.2) is 75.8 Å². The van der Waals surface area contributed by atoms with Gasteiger partial charge in [0.05, 0.1) is 13.1 Å². The summed E-state index contributed by atoms with van der Waals surface area (Å²) in [5.41, 5.74) is 0.848. The molecule has 0 fully saturated rings. The Hall–Kier alpha value is -3.07. The van der Waals surface area contributed by atoms with Gasteiger partial charge in [0.1, 0.15) is 12.4 Å². The van der Waals surface area contributed by atoms with Crippen LogP contribution in [0.2, 0.25) is 0 Å². The molecule has 0 saturated heterocycles. The lowest BCUT2D eigenvalue weighted by molar-refractivity contribution is -0.142. The predicted octanol–water partition coefficient (Wildman–Crippen LogP) is 0.530.